The van der Waals surface area contributed by atoms with Crippen molar-refractivity contribution in [3.8, 4) is 0 Å². The van der Waals surface area contributed by atoms with Crippen LogP contribution < -0.4 is 0 Å². The van der Waals surface area contributed by atoms with Crippen LogP contribution in [0.15, 0.2) is 0 Å². The molecule has 27 heavy (non-hydrogen) atoms. The molecule has 0 saturated heterocycles. The van der Waals surface area contributed by atoms with E-state index >= 15 is 0 Å². The van der Waals surface area contributed by atoms with Crippen LogP contribution in [0.5, 0.6) is 0 Å². The summed E-state index contributed by atoms with van der Waals surface area (Å²) in [5, 5.41) is 0. The number of unbranched alkanes of at least 4 members (excludes halogenated alkanes) is 10. The van der Waals surface area contributed by atoms with Gasteiger partial charge < -0.3 is 9.79 Å². The Morgan fingerprint density at radius 2 is 0.926 bits per heavy atom. The molecule has 0 aromatic rings. The molecule has 0 aliphatic rings. The number of phosphoric acid groups is 2. The first-order chi connectivity index (χ1) is 12.8. The molecule has 0 rings (SSSR count). The molecule has 0 fully saturated rings. The van der Waals surface area contributed by atoms with Crippen LogP contribution in [0.2, 0.25) is 0 Å². The molecule has 164 valence electrons. The van der Waals surface area contributed by atoms with E-state index in [1.54, 1.807) is 0 Å². The third-order valence-corrected chi connectivity index (χ3v) is 5.90. The number of hydrogen-bond acceptors (Lipinski definition) is 7. The van der Waals surface area contributed by atoms with Crippen molar-refractivity contribution in [1.82, 2.24) is 0 Å². The average molecular weight is 434 g/mol. The van der Waals surface area contributed by atoms with E-state index in [1.807, 2.05) is 0 Å². The molecule has 2 unspecified atom stereocenters. The zero-order valence-electron chi connectivity index (χ0n) is 16.5. The van der Waals surface area contributed by atoms with Crippen molar-refractivity contribution in [2.24, 2.45) is 0 Å². The van der Waals surface area contributed by atoms with Crippen LogP contribution in [0, 0.1) is 0 Å². The summed E-state index contributed by atoms with van der Waals surface area (Å²) >= 11 is 0. The van der Waals surface area contributed by atoms with Crippen molar-refractivity contribution >= 4 is 15.6 Å². The minimum absolute atomic E-state index is 0.0746. The molecule has 2 atom stereocenters. The molecule has 9 nitrogen and oxygen atoms in total. The Hall–Kier alpha value is 0.180. The Kier molecular flexibility index (Phi) is 17.2. The summed E-state index contributed by atoms with van der Waals surface area (Å²) in [6.45, 7) is 4.40. The molecule has 0 aliphatic carbocycles. The zero-order valence-corrected chi connectivity index (χ0v) is 18.3. The van der Waals surface area contributed by atoms with Crippen molar-refractivity contribution in [2.75, 3.05) is 13.2 Å². The summed E-state index contributed by atoms with van der Waals surface area (Å²) < 4.78 is 35.6. The van der Waals surface area contributed by atoms with Crippen LogP contribution >= 0.6 is 15.6 Å². The maximum atomic E-state index is 11.6. The molecule has 0 saturated carbocycles. The van der Waals surface area contributed by atoms with Crippen LogP contribution in [0.4, 0.5) is 0 Å². The van der Waals surface area contributed by atoms with Gasteiger partial charge in [-0.15, -0.1) is 9.35 Å². The Balaban J connectivity index is 3.76. The lowest BCUT2D eigenvalue weighted by Crippen LogP contribution is -2.01. The van der Waals surface area contributed by atoms with Gasteiger partial charge in [-0.3, -0.25) is 0 Å². The maximum absolute atomic E-state index is 11.6. The van der Waals surface area contributed by atoms with Crippen molar-refractivity contribution < 1.29 is 42.4 Å². The van der Waals surface area contributed by atoms with E-state index in [4.69, 9.17) is 0 Å². The van der Waals surface area contributed by atoms with Gasteiger partial charge in [0.2, 0.25) is 0 Å². The molecule has 0 aliphatic heterocycles. The molecule has 0 radical (unpaired) electrons. The fraction of sp³-hybridized carbons (Fsp3) is 1.00. The largest absolute Gasteiger partial charge is 0.508 e. The van der Waals surface area contributed by atoms with Crippen molar-refractivity contribution in [3.63, 3.8) is 0 Å². The fourth-order valence-corrected chi connectivity index (χ4v) is 3.92. The van der Waals surface area contributed by atoms with Crippen molar-refractivity contribution in [1.29, 1.82) is 0 Å². The molecule has 11 heteroatoms. The van der Waals surface area contributed by atoms with Crippen LogP contribution in [0.3, 0.4) is 0 Å². The molecular weight excluding hydrogens is 398 g/mol. The van der Waals surface area contributed by atoms with Gasteiger partial charge in [-0.1, -0.05) is 78.1 Å². The normalized spacial score (nSPS) is 16.1. The van der Waals surface area contributed by atoms with Crippen LogP contribution in [-0.2, 0) is 32.6 Å². The molecule has 0 bridgehead atoms. The minimum atomic E-state index is -4.89. The predicted octanol–water partition coefficient (Wildman–Crippen LogP) is 5.82. The number of rotatable bonds is 20. The quantitative estimate of drug-likeness (QED) is 0.106. The van der Waals surface area contributed by atoms with Gasteiger partial charge in [0.05, 0.1) is 13.2 Å². The maximum Gasteiger partial charge on any atom is 0.508 e. The van der Waals surface area contributed by atoms with E-state index in [2.05, 4.69) is 37.3 Å². The molecule has 0 amide bonds. The zero-order chi connectivity index (χ0) is 20.4. The number of hydrogen-bond donors (Lipinski definition) is 2. The molecular formula is C16H36O9P2. The molecule has 0 heterocycles. The van der Waals surface area contributed by atoms with Gasteiger partial charge in [-0.05, 0) is 12.8 Å². The average Bonchev–Trinajstić information content (AvgIpc) is 2.58. The van der Waals surface area contributed by atoms with E-state index < -0.39 is 15.6 Å². The van der Waals surface area contributed by atoms with E-state index in [0.717, 1.165) is 51.4 Å². The van der Waals surface area contributed by atoms with Gasteiger partial charge in [-0.25, -0.2) is 18.9 Å². The summed E-state index contributed by atoms with van der Waals surface area (Å²) in [5.74, 6) is 0. The smallest absolute Gasteiger partial charge is 0.301 e. The first-order valence-corrected chi connectivity index (χ1v) is 12.8. The predicted molar refractivity (Wildman–Crippen MR) is 102 cm³/mol. The van der Waals surface area contributed by atoms with Gasteiger partial charge >= 0.3 is 15.6 Å². The first kappa shape index (κ1) is 27.2. The third-order valence-electron chi connectivity index (χ3n) is 3.66. The molecule has 0 spiro atoms. The second-order valence-corrected chi connectivity index (χ2v) is 9.17. The van der Waals surface area contributed by atoms with E-state index in [1.165, 1.54) is 12.8 Å². The lowest BCUT2D eigenvalue weighted by molar-refractivity contribution is -0.233. The standard InChI is InChI=1S/C16H36O9P2/c1-3-5-7-9-11-13-15-21-23-26(17,18)25-27(19,20)24-22-16-14-12-10-8-6-4-2/h3-16H2,1-2H3,(H,17,18)(H,19,20). The van der Waals surface area contributed by atoms with Gasteiger partial charge in [-0.2, -0.15) is 4.31 Å². The van der Waals surface area contributed by atoms with Crippen molar-refractivity contribution in [3.05, 3.63) is 0 Å². The molecule has 0 aromatic carbocycles. The molecule has 0 aromatic heterocycles. The monoisotopic (exact) mass is 434 g/mol. The van der Waals surface area contributed by atoms with E-state index in [9.17, 15) is 18.9 Å². The topological polar surface area (TPSA) is 121 Å². The summed E-state index contributed by atoms with van der Waals surface area (Å²) in [6.07, 6.45) is 12.0. The lowest BCUT2D eigenvalue weighted by Gasteiger charge is -2.14. The van der Waals surface area contributed by atoms with Crippen LogP contribution in [-0.4, -0.2) is 23.0 Å². The highest BCUT2D eigenvalue weighted by Gasteiger charge is 2.37. The Morgan fingerprint density at radius 1 is 0.593 bits per heavy atom. The summed E-state index contributed by atoms with van der Waals surface area (Å²) in [7, 11) is -9.79. The first-order valence-electron chi connectivity index (χ1n) is 9.82. The summed E-state index contributed by atoms with van der Waals surface area (Å²) in [5.41, 5.74) is 0. The lowest BCUT2D eigenvalue weighted by atomic mass is 10.1. The van der Waals surface area contributed by atoms with Crippen LogP contribution in [0.25, 0.3) is 0 Å². The van der Waals surface area contributed by atoms with Gasteiger partial charge in [0.15, 0.2) is 0 Å². The Morgan fingerprint density at radius 3 is 1.30 bits per heavy atom. The van der Waals surface area contributed by atoms with E-state index in [0.29, 0.717) is 12.8 Å². The van der Waals surface area contributed by atoms with Gasteiger partial charge in [0.1, 0.15) is 0 Å². The highest BCUT2D eigenvalue weighted by molar-refractivity contribution is 7.61. The minimum Gasteiger partial charge on any atom is -0.301 e. The highest BCUT2D eigenvalue weighted by Crippen LogP contribution is 2.60. The summed E-state index contributed by atoms with van der Waals surface area (Å²) in [4.78, 5) is 27.9. The van der Waals surface area contributed by atoms with Gasteiger partial charge in [0, 0.05) is 0 Å². The van der Waals surface area contributed by atoms with Gasteiger partial charge in [0.25, 0.3) is 0 Å². The SMILES string of the molecule is CCCCCCCCOOP(=O)(O)OP(=O)(O)OOCCCCCCCC. The second kappa shape index (κ2) is 17.1. The summed E-state index contributed by atoms with van der Waals surface area (Å²) in [6, 6.07) is 0. The second-order valence-electron chi connectivity index (χ2n) is 6.35. The fourth-order valence-electron chi connectivity index (χ4n) is 2.25. The Labute approximate surface area is 162 Å². The van der Waals surface area contributed by atoms with Crippen molar-refractivity contribution in [2.45, 2.75) is 90.9 Å². The van der Waals surface area contributed by atoms with E-state index in [-0.39, 0.29) is 13.2 Å². The third kappa shape index (κ3) is 19.3. The highest BCUT2D eigenvalue weighted by atomic mass is 31.3. The molecule has 2 N–H and O–H groups in total. The Bertz CT molecular complexity index is 396. The van der Waals surface area contributed by atoms with Crippen LogP contribution in [0.1, 0.15) is 90.9 Å².